The predicted molar refractivity (Wildman–Crippen MR) is 71.1 cm³/mol. The van der Waals surface area contributed by atoms with Crippen molar-refractivity contribution in [2.45, 2.75) is 0 Å². The number of nitrogens with zero attached hydrogens (tertiary/aromatic N) is 3. The maximum absolute atomic E-state index is 11.6. The SMILES string of the molecule is Cl.Nc1nc2c(ncn2-c2ccccc2)c(=O)[nH]1. The van der Waals surface area contributed by atoms with Crippen LogP contribution in [0.3, 0.4) is 0 Å². The van der Waals surface area contributed by atoms with Crippen LogP contribution < -0.4 is 11.3 Å². The number of hydrogen-bond acceptors (Lipinski definition) is 4. The number of nitrogen functional groups attached to an aromatic ring is 1. The van der Waals surface area contributed by atoms with Crippen molar-refractivity contribution in [3.63, 3.8) is 0 Å². The minimum Gasteiger partial charge on any atom is -0.369 e. The number of hydrogen-bond donors (Lipinski definition) is 2. The standard InChI is InChI=1S/C11H9N5O.ClH/c12-11-14-9-8(10(17)15-11)13-6-16(9)7-4-2-1-3-5-7;/h1-6H,(H3,12,14,15,17);1H. The van der Waals surface area contributed by atoms with E-state index in [-0.39, 0.29) is 29.4 Å². The lowest BCUT2D eigenvalue weighted by Crippen LogP contribution is -2.11. The molecule has 18 heavy (non-hydrogen) atoms. The molecule has 6 nitrogen and oxygen atoms in total. The molecule has 0 bridgehead atoms. The summed E-state index contributed by atoms with van der Waals surface area (Å²) in [5.74, 6) is 0.0835. The molecule has 2 heterocycles. The Morgan fingerprint density at radius 1 is 1.22 bits per heavy atom. The number of nitrogens with two attached hydrogens (primary N) is 1. The fraction of sp³-hybridized carbons (Fsp3) is 0. The van der Waals surface area contributed by atoms with E-state index >= 15 is 0 Å². The largest absolute Gasteiger partial charge is 0.369 e. The van der Waals surface area contributed by atoms with Crippen LogP contribution in [-0.4, -0.2) is 19.5 Å². The lowest BCUT2D eigenvalue weighted by Gasteiger charge is -2.02. The molecule has 0 aliphatic heterocycles. The molecule has 1 aromatic carbocycles. The number of rotatable bonds is 1. The number of benzene rings is 1. The van der Waals surface area contributed by atoms with Crippen LogP contribution in [0.1, 0.15) is 0 Å². The Morgan fingerprint density at radius 3 is 2.67 bits per heavy atom. The second kappa shape index (κ2) is 4.50. The molecular formula is C11H10ClN5O. The number of halogens is 1. The molecule has 0 radical (unpaired) electrons. The molecule has 0 unspecified atom stereocenters. The number of para-hydroxylation sites is 1. The highest BCUT2D eigenvalue weighted by molar-refractivity contribution is 5.85. The van der Waals surface area contributed by atoms with Gasteiger partial charge in [-0.05, 0) is 12.1 Å². The smallest absolute Gasteiger partial charge is 0.280 e. The topological polar surface area (TPSA) is 89.6 Å². The lowest BCUT2D eigenvalue weighted by molar-refractivity contribution is 1.06. The Balaban J connectivity index is 0.00000120. The van der Waals surface area contributed by atoms with E-state index in [0.717, 1.165) is 5.69 Å². The normalized spacial score (nSPS) is 10.2. The molecule has 3 N–H and O–H groups in total. The predicted octanol–water partition coefficient (Wildman–Crippen LogP) is 1.11. The van der Waals surface area contributed by atoms with Crippen LogP contribution in [0.2, 0.25) is 0 Å². The minimum atomic E-state index is -0.331. The third-order valence-electron chi connectivity index (χ3n) is 2.46. The first-order valence-corrected chi connectivity index (χ1v) is 5.04. The first-order valence-electron chi connectivity index (χ1n) is 5.04. The number of fused-ring (bicyclic) bond motifs is 1. The van der Waals surface area contributed by atoms with E-state index in [4.69, 9.17) is 5.73 Å². The summed E-state index contributed by atoms with van der Waals surface area (Å²) < 4.78 is 1.72. The zero-order valence-corrected chi connectivity index (χ0v) is 10.0. The quantitative estimate of drug-likeness (QED) is 0.688. The lowest BCUT2D eigenvalue weighted by atomic mass is 10.3. The van der Waals surface area contributed by atoms with E-state index in [0.29, 0.717) is 5.65 Å². The highest BCUT2D eigenvalue weighted by Crippen LogP contribution is 2.13. The van der Waals surface area contributed by atoms with Crippen molar-refractivity contribution in [2.75, 3.05) is 5.73 Å². The summed E-state index contributed by atoms with van der Waals surface area (Å²) in [4.78, 5) is 22.1. The summed E-state index contributed by atoms with van der Waals surface area (Å²) in [5.41, 5.74) is 6.81. The minimum absolute atomic E-state index is 0. The Hall–Kier alpha value is -2.34. The van der Waals surface area contributed by atoms with E-state index in [2.05, 4.69) is 15.0 Å². The van der Waals surface area contributed by atoms with Gasteiger partial charge >= 0.3 is 0 Å². The van der Waals surface area contributed by atoms with Crippen LogP contribution in [0.15, 0.2) is 41.5 Å². The van der Waals surface area contributed by atoms with Crippen LogP contribution in [-0.2, 0) is 0 Å². The number of nitrogens with one attached hydrogen (secondary N) is 1. The van der Waals surface area contributed by atoms with Crippen molar-refractivity contribution in [1.29, 1.82) is 0 Å². The highest BCUT2D eigenvalue weighted by Gasteiger charge is 2.09. The van der Waals surface area contributed by atoms with Crippen LogP contribution in [0, 0.1) is 0 Å². The van der Waals surface area contributed by atoms with Crippen LogP contribution in [0.25, 0.3) is 16.9 Å². The average Bonchev–Trinajstić information content (AvgIpc) is 2.74. The molecular weight excluding hydrogens is 254 g/mol. The Morgan fingerprint density at radius 2 is 1.94 bits per heavy atom. The Labute approximate surface area is 108 Å². The molecule has 0 amide bonds. The van der Waals surface area contributed by atoms with E-state index in [1.807, 2.05) is 30.3 Å². The summed E-state index contributed by atoms with van der Waals surface area (Å²) in [6, 6.07) is 9.52. The number of H-pyrrole nitrogens is 1. The summed E-state index contributed by atoms with van der Waals surface area (Å²) in [6.07, 6.45) is 1.56. The maximum atomic E-state index is 11.6. The van der Waals surface area contributed by atoms with Crippen LogP contribution in [0.4, 0.5) is 5.95 Å². The van der Waals surface area contributed by atoms with E-state index in [9.17, 15) is 4.79 Å². The molecule has 0 saturated heterocycles. The first-order chi connectivity index (χ1) is 8.25. The van der Waals surface area contributed by atoms with E-state index in [1.54, 1.807) is 10.9 Å². The van der Waals surface area contributed by atoms with E-state index < -0.39 is 0 Å². The van der Waals surface area contributed by atoms with Crippen LogP contribution >= 0.6 is 12.4 Å². The monoisotopic (exact) mass is 263 g/mol. The van der Waals surface area contributed by atoms with Gasteiger partial charge in [0, 0.05) is 5.69 Å². The zero-order chi connectivity index (χ0) is 11.8. The van der Waals surface area contributed by atoms with Crippen molar-refractivity contribution in [2.24, 2.45) is 0 Å². The second-order valence-electron chi connectivity index (χ2n) is 3.57. The Bertz CT molecular complexity index is 734. The molecule has 0 saturated carbocycles. The van der Waals surface area contributed by atoms with E-state index in [1.165, 1.54) is 0 Å². The van der Waals surface area contributed by atoms with Gasteiger partial charge in [-0.2, -0.15) is 4.98 Å². The highest BCUT2D eigenvalue weighted by atomic mass is 35.5. The molecule has 92 valence electrons. The van der Waals surface area contributed by atoms with Gasteiger partial charge in [0.25, 0.3) is 5.56 Å². The molecule has 0 aliphatic carbocycles. The third kappa shape index (κ3) is 1.82. The van der Waals surface area contributed by atoms with Gasteiger partial charge in [0.15, 0.2) is 11.2 Å². The van der Waals surface area contributed by atoms with Gasteiger partial charge in [0.2, 0.25) is 5.95 Å². The zero-order valence-electron chi connectivity index (χ0n) is 9.20. The van der Waals surface area contributed by atoms with Gasteiger partial charge < -0.3 is 5.73 Å². The maximum Gasteiger partial charge on any atom is 0.280 e. The molecule has 3 rings (SSSR count). The molecule has 7 heteroatoms. The van der Waals surface area contributed by atoms with Crippen molar-refractivity contribution in [3.8, 4) is 5.69 Å². The van der Waals surface area contributed by atoms with Crippen LogP contribution in [0.5, 0.6) is 0 Å². The van der Waals surface area contributed by atoms with Gasteiger partial charge in [-0.15, -0.1) is 12.4 Å². The summed E-state index contributed by atoms with van der Waals surface area (Å²) in [5, 5.41) is 0. The van der Waals surface area contributed by atoms with Gasteiger partial charge in [0.1, 0.15) is 6.33 Å². The molecule has 2 aromatic heterocycles. The fourth-order valence-electron chi connectivity index (χ4n) is 1.70. The summed E-state index contributed by atoms with van der Waals surface area (Å²) in [7, 11) is 0. The van der Waals surface area contributed by atoms with Gasteiger partial charge in [-0.3, -0.25) is 14.3 Å². The van der Waals surface area contributed by atoms with Gasteiger partial charge in [-0.1, -0.05) is 18.2 Å². The third-order valence-corrected chi connectivity index (χ3v) is 2.46. The molecule has 0 fully saturated rings. The van der Waals surface area contributed by atoms with Gasteiger partial charge in [-0.25, -0.2) is 4.98 Å². The molecule has 0 aliphatic rings. The number of anilines is 1. The average molecular weight is 264 g/mol. The fourth-order valence-corrected chi connectivity index (χ4v) is 1.70. The van der Waals surface area contributed by atoms with Crippen molar-refractivity contribution >= 4 is 29.5 Å². The Kier molecular flexibility index (Phi) is 3.03. The molecule has 3 aromatic rings. The summed E-state index contributed by atoms with van der Waals surface area (Å²) in [6.45, 7) is 0. The first kappa shape index (κ1) is 12.1. The molecule has 0 spiro atoms. The van der Waals surface area contributed by atoms with Crippen molar-refractivity contribution in [1.82, 2.24) is 19.5 Å². The van der Waals surface area contributed by atoms with Gasteiger partial charge in [0.05, 0.1) is 0 Å². The number of aromatic amines is 1. The van der Waals surface area contributed by atoms with Crippen molar-refractivity contribution in [3.05, 3.63) is 47.0 Å². The number of aromatic nitrogens is 4. The second-order valence-corrected chi connectivity index (χ2v) is 3.57. The van der Waals surface area contributed by atoms with Crippen molar-refractivity contribution < 1.29 is 0 Å². The number of imidazole rings is 1. The molecule has 0 atom stereocenters. The summed E-state index contributed by atoms with van der Waals surface area (Å²) >= 11 is 0.